The third-order valence-corrected chi connectivity index (χ3v) is 1.37. The van der Waals surface area contributed by atoms with E-state index in [1.807, 2.05) is 0 Å². The van der Waals surface area contributed by atoms with Gasteiger partial charge in [-0.05, 0) is 0 Å². The Morgan fingerprint density at radius 1 is 1.42 bits per heavy atom. The summed E-state index contributed by atoms with van der Waals surface area (Å²) in [5, 5.41) is 0. The standard InChI is InChI=1S/C8H16O4/c1-4-7(9)12-8(11-3)5-6-10-2/h8H,4-6H2,1-3H3. The highest BCUT2D eigenvalue weighted by atomic mass is 16.7. The topological polar surface area (TPSA) is 44.8 Å². The van der Waals surface area contributed by atoms with E-state index in [9.17, 15) is 4.79 Å². The summed E-state index contributed by atoms with van der Waals surface area (Å²) in [4.78, 5) is 10.8. The first-order valence-electron chi connectivity index (χ1n) is 3.95. The molecule has 1 atom stereocenters. The molecule has 0 aliphatic heterocycles. The Bertz CT molecular complexity index is 124. The quantitative estimate of drug-likeness (QED) is 0.446. The van der Waals surface area contributed by atoms with Gasteiger partial charge in [0.05, 0.1) is 6.61 Å². The molecule has 0 aliphatic carbocycles. The van der Waals surface area contributed by atoms with Crippen LogP contribution in [0.1, 0.15) is 19.8 Å². The Morgan fingerprint density at radius 2 is 2.08 bits per heavy atom. The first kappa shape index (κ1) is 11.4. The van der Waals surface area contributed by atoms with Crippen LogP contribution in [0.4, 0.5) is 0 Å². The molecule has 1 unspecified atom stereocenters. The molecule has 0 radical (unpaired) electrons. The molecule has 0 bridgehead atoms. The molecule has 72 valence electrons. The summed E-state index contributed by atoms with van der Waals surface area (Å²) in [6.07, 6.45) is 0.461. The van der Waals surface area contributed by atoms with Crippen molar-refractivity contribution in [2.24, 2.45) is 0 Å². The van der Waals surface area contributed by atoms with Gasteiger partial charge < -0.3 is 14.2 Å². The minimum absolute atomic E-state index is 0.252. The zero-order valence-electron chi connectivity index (χ0n) is 7.83. The van der Waals surface area contributed by atoms with Crippen LogP contribution in [0.2, 0.25) is 0 Å². The van der Waals surface area contributed by atoms with Gasteiger partial charge in [0, 0.05) is 27.1 Å². The predicted octanol–water partition coefficient (Wildman–Crippen LogP) is 0.949. The molecule has 0 aromatic carbocycles. The Balaban J connectivity index is 3.59. The third kappa shape index (κ3) is 5.09. The molecular weight excluding hydrogens is 160 g/mol. The van der Waals surface area contributed by atoms with Crippen molar-refractivity contribution in [3.05, 3.63) is 0 Å². The van der Waals surface area contributed by atoms with E-state index in [1.54, 1.807) is 14.0 Å². The second kappa shape index (κ2) is 7.06. The van der Waals surface area contributed by atoms with Crippen molar-refractivity contribution in [1.82, 2.24) is 0 Å². The minimum atomic E-state index is -0.475. The highest BCUT2D eigenvalue weighted by Gasteiger charge is 2.10. The second-order valence-corrected chi connectivity index (χ2v) is 2.29. The second-order valence-electron chi connectivity index (χ2n) is 2.29. The lowest BCUT2D eigenvalue weighted by atomic mass is 10.4. The summed E-state index contributed by atoms with van der Waals surface area (Å²) in [6, 6.07) is 0. The smallest absolute Gasteiger partial charge is 0.307 e. The van der Waals surface area contributed by atoms with Crippen LogP contribution in [0, 0.1) is 0 Å². The van der Waals surface area contributed by atoms with E-state index < -0.39 is 6.29 Å². The van der Waals surface area contributed by atoms with Crippen molar-refractivity contribution in [2.45, 2.75) is 26.1 Å². The van der Waals surface area contributed by atoms with Gasteiger partial charge in [-0.25, -0.2) is 0 Å². The summed E-state index contributed by atoms with van der Waals surface area (Å²) in [6.45, 7) is 2.26. The molecule has 0 aliphatic rings. The molecule has 4 heteroatoms. The van der Waals surface area contributed by atoms with Gasteiger partial charge >= 0.3 is 5.97 Å². The van der Waals surface area contributed by atoms with E-state index >= 15 is 0 Å². The van der Waals surface area contributed by atoms with Crippen LogP contribution in [-0.4, -0.2) is 33.1 Å². The highest BCUT2D eigenvalue weighted by molar-refractivity contribution is 5.68. The number of rotatable bonds is 6. The minimum Gasteiger partial charge on any atom is -0.436 e. The molecule has 0 N–H and O–H groups in total. The van der Waals surface area contributed by atoms with Crippen LogP contribution >= 0.6 is 0 Å². The lowest BCUT2D eigenvalue weighted by molar-refractivity contribution is -0.175. The average molecular weight is 176 g/mol. The first-order valence-corrected chi connectivity index (χ1v) is 3.95. The van der Waals surface area contributed by atoms with Crippen molar-refractivity contribution in [3.63, 3.8) is 0 Å². The van der Waals surface area contributed by atoms with Crippen molar-refractivity contribution < 1.29 is 19.0 Å². The molecular formula is C8H16O4. The lowest BCUT2D eigenvalue weighted by Gasteiger charge is -2.14. The zero-order valence-corrected chi connectivity index (χ0v) is 7.83. The summed E-state index contributed by atoms with van der Waals surface area (Å²) < 4.78 is 14.6. The number of hydrogen-bond donors (Lipinski definition) is 0. The van der Waals surface area contributed by atoms with Crippen molar-refractivity contribution in [1.29, 1.82) is 0 Å². The first-order chi connectivity index (χ1) is 5.74. The maximum absolute atomic E-state index is 10.8. The van der Waals surface area contributed by atoms with E-state index in [0.717, 1.165) is 0 Å². The van der Waals surface area contributed by atoms with Gasteiger partial charge in [0.2, 0.25) is 6.29 Å². The van der Waals surface area contributed by atoms with Gasteiger partial charge in [-0.3, -0.25) is 4.79 Å². The molecule has 0 heterocycles. The molecule has 0 saturated carbocycles. The molecule has 0 amide bonds. The van der Waals surface area contributed by atoms with Crippen LogP contribution in [0.5, 0.6) is 0 Å². The fourth-order valence-corrected chi connectivity index (χ4v) is 0.669. The number of hydrogen-bond acceptors (Lipinski definition) is 4. The normalized spacial score (nSPS) is 12.6. The van der Waals surface area contributed by atoms with Crippen LogP contribution in [0.3, 0.4) is 0 Å². The van der Waals surface area contributed by atoms with E-state index in [1.165, 1.54) is 7.11 Å². The molecule has 0 fully saturated rings. The van der Waals surface area contributed by atoms with Gasteiger partial charge in [0.1, 0.15) is 0 Å². The molecule has 12 heavy (non-hydrogen) atoms. The van der Waals surface area contributed by atoms with E-state index in [2.05, 4.69) is 0 Å². The van der Waals surface area contributed by atoms with E-state index in [-0.39, 0.29) is 5.97 Å². The van der Waals surface area contributed by atoms with E-state index in [0.29, 0.717) is 19.4 Å². The lowest BCUT2D eigenvalue weighted by Crippen LogP contribution is -2.21. The number of carbonyl (C=O) groups excluding carboxylic acids is 1. The molecule has 4 nitrogen and oxygen atoms in total. The third-order valence-electron chi connectivity index (χ3n) is 1.37. The number of ether oxygens (including phenoxy) is 3. The molecule has 0 spiro atoms. The maximum Gasteiger partial charge on any atom is 0.307 e. The number of carbonyl (C=O) groups is 1. The average Bonchev–Trinajstić information content (AvgIpc) is 2.11. The molecule has 0 rings (SSSR count). The Hall–Kier alpha value is -0.610. The van der Waals surface area contributed by atoms with Crippen molar-refractivity contribution >= 4 is 5.97 Å². The maximum atomic E-state index is 10.8. The van der Waals surface area contributed by atoms with Gasteiger partial charge in [-0.15, -0.1) is 0 Å². The van der Waals surface area contributed by atoms with Crippen LogP contribution < -0.4 is 0 Å². The summed E-state index contributed by atoms with van der Waals surface area (Å²) in [5.74, 6) is -0.252. The van der Waals surface area contributed by atoms with Crippen molar-refractivity contribution in [2.75, 3.05) is 20.8 Å². The number of methoxy groups -OCH3 is 2. The number of esters is 1. The van der Waals surface area contributed by atoms with Gasteiger partial charge in [-0.1, -0.05) is 6.92 Å². The van der Waals surface area contributed by atoms with Crippen LogP contribution in [0.25, 0.3) is 0 Å². The van der Waals surface area contributed by atoms with Crippen molar-refractivity contribution in [3.8, 4) is 0 Å². The summed E-state index contributed by atoms with van der Waals surface area (Å²) in [7, 11) is 3.09. The fraction of sp³-hybridized carbons (Fsp3) is 0.875. The zero-order chi connectivity index (χ0) is 9.40. The Kier molecular flexibility index (Phi) is 6.70. The van der Waals surface area contributed by atoms with E-state index in [4.69, 9.17) is 14.2 Å². The fourth-order valence-electron chi connectivity index (χ4n) is 0.669. The van der Waals surface area contributed by atoms with Crippen LogP contribution in [0.15, 0.2) is 0 Å². The van der Waals surface area contributed by atoms with Gasteiger partial charge in [0.15, 0.2) is 0 Å². The summed E-state index contributed by atoms with van der Waals surface area (Å²) >= 11 is 0. The van der Waals surface area contributed by atoms with Gasteiger partial charge in [-0.2, -0.15) is 0 Å². The van der Waals surface area contributed by atoms with Gasteiger partial charge in [0.25, 0.3) is 0 Å². The Labute approximate surface area is 72.8 Å². The highest BCUT2D eigenvalue weighted by Crippen LogP contribution is 2.01. The Morgan fingerprint density at radius 3 is 2.50 bits per heavy atom. The molecule has 0 aromatic heterocycles. The van der Waals surface area contributed by atoms with Crippen LogP contribution in [-0.2, 0) is 19.0 Å². The molecule has 0 saturated heterocycles. The molecule has 0 aromatic rings. The SMILES string of the molecule is CCC(=O)OC(CCOC)OC. The largest absolute Gasteiger partial charge is 0.436 e. The summed E-state index contributed by atoms with van der Waals surface area (Å²) in [5.41, 5.74) is 0. The predicted molar refractivity (Wildman–Crippen MR) is 43.7 cm³/mol. The monoisotopic (exact) mass is 176 g/mol.